The van der Waals surface area contributed by atoms with Crippen LogP contribution in [0.25, 0.3) is 10.9 Å². The standard InChI is InChI=1S/C11H5BrF3N3O/c12-6-1-2-7(18-10(19)11(13,14)15)9-8(6)5(3-16)4-17-9/h1-2,4,17H,(H,18,19). The second kappa shape index (κ2) is 4.59. The molecule has 0 unspecified atom stereocenters. The first-order valence-electron chi connectivity index (χ1n) is 4.92. The van der Waals surface area contributed by atoms with Crippen molar-refractivity contribution < 1.29 is 18.0 Å². The van der Waals surface area contributed by atoms with Gasteiger partial charge in [0.2, 0.25) is 0 Å². The summed E-state index contributed by atoms with van der Waals surface area (Å²) < 4.78 is 37.2. The van der Waals surface area contributed by atoms with Crippen molar-refractivity contribution in [1.29, 1.82) is 5.26 Å². The number of halogens is 4. The average molecular weight is 332 g/mol. The molecule has 0 aliphatic rings. The third-order valence-electron chi connectivity index (χ3n) is 2.41. The van der Waals surface area contributed by atoms with Crippen LogP contribution in [0.15, 0.2) is 22.8 Å². The minimum Gasteiger partial charge on any atom is -0.358 e. The van der Waals surface area contributed by atoms with Gasteiger partial charge in [0.25, 0.3) is 0 Å². The van der Waals surface area contributed by atoms with Crippen LogP contribution in [-0.2, 0) is 4.79 Å². The predicted molar refractivity (Wildman–Crippen MR) is 65.4 cm³/mol. The Hall–Kier alpha value is -2.01. The number of nitrogens with zero attached hydrogens (tertiary/aromatic N) is 1. The normalized spacial score (nSPS) is 11.3. The molecule has 0 fully saturated rings. The number of aromatic nitrogens is 1. The number of aromatic amines is 1. The number of nitriles is 1. The highest BCUT2D eigenvalue weighted by atomic mass is 79.9. The van der Waals surface area contributed by atoms with Gasteiger partial charge in [-0.2, -0.15) is 18.4 Å². The molecular formula is C11H5BrF3N3O. The van der Waals surface area contributed by atoms with Gasteiger partial charge >= 0.3 is 12.1 Å². The number of anilines is 1. The number of carbonyl (C=O) groups excluding carboxylic acids is 1. The molecule has 4 nitrogen and oxygen atoms in total. The molecule has 2 rings (SSSR count). The van der Waals surface area contributed by atoms with Gasteiger partial charge in [0, 0.05) is 16.1 Å². The van der Waals surface area contributed by atoms with Crippen molar-refractivity contribution in [2.24, 2.45) is 0 Å². The predicted octanol–water partition coefficient (Wildman–Crippen LogP) is 3.30. The van der Waals surface area contributed by atoms with E-state index in [1.165, 1.54) is 18.3 Å². The number of hydrogen-bond acceptors (Lipinski definition) is 2. The highest BCUT2D eigenvalue weighted by Crippen LogP contribution is 2.32. The number of alkyl halides is 3. The van der Waals surface area contributed by atoms with Gasteiger partial charge < -0.3 is 10.3 Å². The van der Waals surface area contributed by atoms with E-state index in [9.17, 15) is 18.0 Å². The maximum atomic E-state index is 12.2. The van der Waals surface area contributed by atoms with Crippen LogP contribution in [0.3, 0.4) is 0 Å². The third-order valence-corrected chi connectivity index (χ3v) is 3.07. The van der Waals surface area contributed by atoms with Crippen LogP contribution >= 0.6 is 15.9 Å². The van der Waals surface area contributed by atoms with E-state index in [-0.39, 0.29) is 16.8 Å². The van der Waals surface area contributed by atoms with Crippen molar-refractivity contribution in [2.75, 3.05) is 5.32 Å². The van der Waals surface area contributed by atoms with E-state index in [1.807, 2.05) is 6.07 Å². The first-order valence-corrected chi connectivity index (χ1v) is 5.71. The molecule has 2 N–H and O–H groups in total. The minimum absolute atomic E-state index is 0.0398. The van der Waals surface area contributed by atoms with Crippen molar-refractivity contribution in [3.8, 4) is 6.07 Å². The fourth-order valence-corrected chi connectivity index (χ4v) is 2.14. The highest BCUT2D eigenvalue weighted by molar-refractivity contribution is 9.10. The first-order chi connectivity index (χ1) is 8.84. The van der Waals surface area contributed by atoms with Crippen LogP contribution in [0.2, 0.25) is 0 Å². The average Bonchev–Trinajstić information content (AvgIpc) is 2.76. The molecule has 1 amide bonds. The van der Waals surface area contributed by atoms with Gasteiger partial charge in [-0.25, -0.2) is 0 Å². The molecule has 0 aliphatic carbocycles. The maximum absolute atomic E-state index is 12.2. The molecule has 0 saturated carbocycles. The molecule has 1 aromatic heterocycles. The fraction of sp³-hybridized carbons (Fsp3) is 0.0909. The molecule has 98 valence electrons. The number of amides is 1. The molecule has 0 saturated heterocycles. The van der Waals surface area contributed by atoms with E-state index in [0.717, 1.165) is 0 Å². The Bertz CT molecular complexity index is 699. The molecule has 2 aromatic rings. The number of benzene rings is 1. The molecule has 0 atom stereocenters. The Labute approximate surface area is 113 Å². The van der Waals surface area contributed by atoms with Crippen molar-refractivity contribution in [2.45, 2.75) is 6.18 Å². The van der Waals surface area contributed by atoms with Gasteiger partial charge in [0.1, 0.15) is 6.07 Å². The van der Waals surface area contributed by atoms with E-state index in [0.29, 0.717) is 9.86 Å². The van der Waals surface area contributed by atoms with Crippen molar-refractivity contribution >= 4 is 38.4 Å². The number of H-pyrrole nitrogens is 1. The summed E-state index contributed by atoms with van der Waals surface area (Å²) in [6, 6.07) is 4.68. The Morgan fingerprint density at radius 1 is 1.42 bits per heavy atom. The molecule has 0 bridgehead atoms. The highest BCUT2D eigenvalue weighted by Gasteiger charge is 2.39. The Morgan fingerprint density at radius 2 is 2.11 bits per heavy atom. The van der Waals surface area contributed by atoms with E-state index in [4.69, 9.17) is 5.26 Å². The van der Waals surface area contributed by atoms with Gasteiger partial charge in [0.05, 0.1) is 16.8 Å². The molecule has 8 heteroatoms. The first kappa shape index (κ1) is 13.4. The smallest absolute Gasteiger partial charge is 0.358 e. The molecule has 19 heavy (non-hydrogen) atoms. The van der Waals surface area contributed by atoms with Crippen molar-refractivity contribution in [3.63, 3.8) is 0 Å². The Balaban J connectivity index is 2.52. The lowest BCUT2D eigenvalue weighted by molar-refractivity contribution is -0.167. The zero-order valence-corrected chi connectivity index (χ0v) is 10.7. The number of carbonyl (C=O) groups is 1. The lowest BCUT2D eigenvalue weighted by Gasteiger charge is -2.09. The summed E-state index contributed by atoms with van der Waals surface area (Å²) in [7, 11) is 0. The van der Waals surface area contributed by atoms with E-state index in [1.54, 1.807) is 5.32 Å². The molecular weight excluding hydrogens is 327 g/mol. The molecule has 0 radical (unpaired) electrons. The van der Waals surface area contributed by atoms with Crippen LogP contribution in [0.5, 0.6) is 0 Å². The number of nitrogens with one attached hydrogen (secondary N) is 2. The van der Waals surface area contributed by atoms with E-state index >= 15 is 0 Å². The maximum Gasteiger partial charge on any atom is 0.471 e. The van der Waals surface area contributed by atoms with Crippen molar-refractivity contribution in [1.82, 2.24) is 4.98 Å². The van der Waals surface area contributed by atoms with Crippen molar-refractivity contribution in [3.05, 3.63) is 28.4 Å². The second-order valence-corrected chi connectivity index (χ2v) is 4.47. The SMILES string of the molecule is N#Cc1c[nH]c2c(NC(=O)C(F)(F)F)ccc(Br)c12. The zero-order valence-electron chi connectivity index (χ0n) is 9.10. The lowest BCUT2D eigenvalue weighted by atomic mass is 10.1. The lowest BCUT2D eigenvalue weighted by Crippen LogP contribution is -2.30. The van der Waals surface area contributed by atoms with Gasteiger partial charge in [-0.05, 0) is 12.1 Å². The van der Waals surface area contributed by atoms with E-state index < -0.39 is 12.1 Å². The molecule has 0 spiro atoms. The molecule has 1 aromatic carbocycles. The Kier molecular flexibility index (Phi) is 3.24. The van der Waals surface area contributed by atoms with E-state index in [2.05, 4.69) is 20.9 Å². The van der Waals surface area contributed by atoms with Crippen LogP contribution in [-0.4, -0.2) is 17.1 Å². The van der Waals surface area contributed by atoms with Gasteiger partial charge in [0.15, 0.2) is 0 Å². The van der Waals surface area contributed by atoms with Crippen LogP contribution in [0, 0.1) is 11.3 Å². The summed E-state index contributed by atoms with van der Waals surface area (Å²) in [5.74, 6) is -2.07. The summed E-state index contributed by atoms with van der Waals surface area (Å²) >= 11 is 3.20. The monoisotopic (exact) mass is 331 g/mol. The third kappa shape index (κ3) is 2.42. The second-order valence-electron chi connectivity index (χ2n) is 3.61. The number of fused-ring (bicyclic) bond motifs is 1. The summed E-state index contributed by atoms with van der Waals surface area (Å²) in [6.07, 6.45) is -3.61. The van der Waals surface area contributed by atoms with Crippen LogP contribution < -0.4 is 5.32 Å². The summed E-state index contributed by atoms with van der Waals surface area (Å²) in [6.45, 7) is 0. The number of hydrogen-bond donors (Lipinski definition) is 2. The minimum atomic E-state index is -4.97. The van der Waals surface area contributed by atoms with Gasteiger partial charge in [-0.15, -0.1) is 0 Å². The summed E-state index contributed by atoms with van der Waals surface area (Å²) in [5.41, 5.74) is 0.482. The van der Waals surface area contributed by atoms with Crippen LogP contribution in [0.4, 0.5) is 18.9 Å². The van der Waals surface area contributed by atoms with Gasteiger partial charge in [-0.1, -0.05) is 15.9 Å². The topological polar surface area (TPSA) is 68.7 Å². The zero-order chi connectivity index (χ0) is 14.2. The van der Waals surface area contributed by atoms with Crippen LogP contribution in [0.1, 0.15) is 5.56 Å². The Morgan fingerprint density at radius 3 is 2.68 bits per heavy atom. The fourth-order valence-electron chi connectivity index (χ4n) is 1.59. The van der Waals surface area contributed by atoms with Gasteiger partial charge in [-0.3, -0.25) is 4.79 Å². The number of rotatable bonds is 1. The summed E-state index contributed by atoms with van der Waals surface area (Å²) in [4.78, 5) is 13.6. The quantitative estimate of drug-likeness (QED) is 0.841. The molecule has 0 aliphatic heterocycles. The largest absolute Gasteiger partial charge is 0.471 e. The molecule has 1 heterocycles. The summed E-state index contributed by atoms with van der Waals surface area (Å²) in [5, 5.41) is 11.1.